The van der Waals surface area contributed by atoms with Crippen molar-refractivity contribution in [1.82, 2.24) is 0 Å². The van der Waals surface area contributed by atoms with Gasteiger partial charge in [-0.05, 0) is 25.8 Å². The Hall–Kier alpha value is -0.380. The third kappa shape index (κ3) is 26.8. The summed E-state index contributed by atoms with van der Waals surface area (Å²) in [4.78, 5) is 0. The molecule has 0 aliphatic carbocycles. The molecule has 0 atom stereocenters. The standard InChI is InChI=1S/C18H39NO2.C2H4/c19-17-15-13-11-9-7-5-3-1-2-4-6-8-10-12-14-16-18(20)21;1-2/h18,20-21H,1-17,19H2;1-2H2. The fourth-order valence-electron chi connectivity index (χ4n) is 2.77. The smallest absolute Gasteiger partial charge is 0.151 e. The highest BCUT2D eigenvalue weighted by Crippen LogP contribution is 2.13. The maximum Gasteiger partial charge on any atom is 0.151 e. The molecule has 0 heterocycles. The summed E-state index contributed by atoms with van der Waals surface area (Å²) in [6.07, 6.45) is 19.1. The Balaban J connectivity index is 0. The van der Waals surface area contributed by atoms with Gasteiger partial charge in [0.15, 0.2) is 6.29 Å². The first kappa shape index (κ1) is 24.9. The van der Waals surface area contributed by atoms with Crippen LogP contribution in [-0.4, -0.2) is 23.0 Å². The van der Waals surface area contributed by atoms with E-state index < -0.39 is 6.29 Å². The minimum atomic E-state index is -1.11. The van der Waals surface area contributed by atoms with Crippen molar-refractivity contribution in [1.29, 1.82) is 0 Å². The van der Waals surface area contributed by atoms with E-state index in [0.717, 1.165) is 19.4 Å². The van der Waals surface area contributed by atoms with Crippen molar-refractivity contribution in [2.24, 2.45) is 5.73 Å². The maximum absolute atomic E-state index is 8.72. The minimum absolute atomic E-state index is 0.534. The van der Waals surface area contributed by atoms with E-state index in [4.69, 9.17) is 15.9 Å². The third-order valence-electron chi connectivity index (χ3n) is 4.17. The largest absolute Gasteiger partial charge is 0.368 e. The number of hydrogen-bond acceptors (Lipinski definition) is 3. The number of aliphatic hydroxyl groups is 2. The molecule has 3 nitrogen and oxygen atoms in total. The Kier molecular flexibility index (Phi) is 25.8. The lowest BCUT2D eigenvalue weighted by Crippen LogP contribution is -2.02. The normalized spacial score (nSPS) is 10.6. The average molecular weight is 330 g/mol. The van der Waals surface area contributed by atoms with Crippen LogP contribution in [-0.2, 0) is 0 Å². The lowest BCUT2D eigenvalue weighted by Gasteiger charge is -2.04. The fourth-order valence-corrected chi connectivity index (χ4v) is 2.77. The average Bonchev–Trinajstić information content (AvgIpc) is 2.56. The van der Waals surface area contributed by atoms with Gasteiger partial charge in [-0.1, -0.05) is 83.5 Å². The van der Waals surface area contributed by atoms with Gasteiger partial charge >= 0.3 is 0 Å². The van der Waals surface area contributed by atoms with Gasteiger partial charge < -0.3 is 15.9 Å². The van der Waals surface area contributed by atoms with E-state index >= 15 is 0 Å². The summed E-state index contributed by atoms with van der Waals surface area (Å²) in [6.45, 7) is 6.85. The van der Waals surface area contributed by atoms with E-state index in [2.05, 4.69) is 13.2 Å². The van der Waals surface area contributed by atoms with Crippen LogP contribution in [0.15, 0.2) is 13.2 Å². The van der Waals surface area contributed by atoms with E-state index in [1.54, 1.807) is 0 Å². The van der Waals surface area contributed by atoms with Crippen molar-refractivity contribution >= 4 is 0 Å². The topological polar surface area (TPSA) is 66.5 Å². The Morgan fingerprint density at radius 3 is 1.04 bits per heavy atom. The molecule has 0 fully saturated rings. The lowest BCUT2D eigenvalue weighted by atomic mass is 10.0. The van der Waals surface area contributed by atoms with Gasteiger partial charge in [-0.3, -0.25) is 0 Å². The highest BCUT2D eigenvalue weighted by Gasteiger charge is 1.97. The Bertz CT molecular complexity index is 198. The van der Waals surface area contributed by atoms with Crippen molar-refractivity contribution in [2.45, 2.75) is 109 Å². The molecule has 0 aliphatic rings. The van der Waals surface area contributed by atoms with Crippen LogP contribution < -0.4 is 5.73 Å². The summed E-state index contributed by atoms with van der Waals surface area (Å²) in [6, 6.07) is 0. The molecule has 0 bridgehead atoms. The zero-order chi connectivity index (χ0) is 17.6. The van der Waals surface area contributed by atoms with Crippen LogP contribution in [0.3, 0.4) is 0 Å². The third-order valence-corrected chi connectivity index (χ3v) is 4.17. The van der Waals surface area contributed by atoms with E-state index in [1.165, 1.54) is 83.5 Å². The fraction of sp³-hybridized carbons (Fsp3) is 0.900. The summed E-state index contributed by atoms with van der Waals surface area (Å²) >= 11 is 0. The van der Waals surface area contributed by atoms with Crippen LogP contribution in [0, 0.1) is 0 Å². The van der Waals surface area contributed by atoms with Crippen LogP contribution in [0.2, 0.25) is 0 Å². The number of unbranched alkanes of at least 4 members (excludes halogenated alkanes) is 14. The minimum Gasteiger partial charge on any atom is -0.368 e. The zero-order valence-corrected chi connectivity index (χ0v) is 15.5. The van der Waals surface area contributed by atoms with Crippen molar-refractivity contribution in [2.75, 3.05) is 6.54 Å². The van der Waals surface area contributed by atoms with Gasteiger partial charge in [0.2, 0.25) is 0 Å². The summed E-state index contributed by atoms with van der Waals surface area (Å²) in [5, 5.41) is 17.4. The molecule has 140 valence electrons. The number of hydrogen-bond donors (Lipinski definition) is 3. The molecule has 0 aromatic rings. The second kappa shape index (κ2) is 23.9. The molecule has 0 aliphatic heterocycles. The second-order valence-corrected chi connectivity index (χ2v) is 6.36. The highest BCUT2D eigenvalue weighted by molar-refractivity contribution is 4.50. The van der Waals surface area contributed by atoms with E-state index in [1.807, 2.05) is 0 Å². The number of nitrogens with two attached hydrogens (primary N) is 1. The molecule has 23 heavy (non-hydrogen) atoms. The summed E-state index contributed by atoms with van der Waals surface area (Å²) in [5.74, 6) is 0. The quantitative estimate of drug-likeness (QED) is 0.193. The monoisotopic (exact) mass is 329 g/mol. The van der Waals surface area contributed by atoms with Gasteiger partial charge in [0.1, 0.15) is 0 Å². The summed E-state index contributed by atoms with van der Waals surface area (Å²) in [7, 11) is 0. The molecule has 0 amide bonds. The van der Waals surface area contributed by atoms with E-state index in [-0.39, 0.29) is 0 Å². The van der Waals surface area contributed by atoms with Crippen LogP contribution in [0.1, 0.15) is 103 Å². The van der Waals surface area contributed by atoms with Crippen molar-refractivity contribution in [3.05, 3.63) is 13.2 Å². The van der Waals surface area contributed by atoms with Gasteiger partial charge in [0.25, 0.3) is 0 Å². The zero-order valence-electron chi connectivity index (χ0n) is 15.5. The molecule has 0 aromatic carbocycles. The molecule has 0 aromatic heterocycles. The molecular weight excluding hydrogens is 286 g/mol. The molecule has 3 heteroatoms. The van der Waals surface area contributed by atoms with Crippen molar-refractivity contribution in [3.8, 4) is 0 Å². The molecule has 0 radical (unpaired) electrons. The Labute approximate surface area is 145 Å². The van der Waals surface area contributed by atoms with Gasteiger partial charge in [0, 0.05) is 0 Å². The number of aliphatic hydroxyl groups excluding tert-OH is 1. The van der Waals surface area contributed by atoms with Gasteiger partial charge in [-0.15, -0.1) is 13.2 Å². The Morgan fingerprint density at radius 2 is 0.783 bits per heavy atom. The van der Waals surface area contributed by atoms with Crippen LogP contribution >= 0.6 is 0 Å². The predicted molar refractivity (Wildman–Crippen MR) is 102 cm³/mol. The SMILES string of the molecule is C=C.NCCCCCCCCCCCCCCCCCC(O)O. The van der Waals surface area contributed by atoms with Gasteiger partial charge in [-0.2, -0.15) is 0 Å². The first-order valence-electron chi connectivity index (χ1n) is 9.83. The molecule has 0 spiro atoms. The number of rotatable bonds is 17. The van der Waals surface area contributed by atoms with Crippen molar-refractivity contribution in [3.63, 3.8) is 0 Å². The van der Waals surface area contributed by atoms with Crippen LogP contribution in [0.25, 0.3) is 0 Å². The van der Waals surface area contributed by atoms with E-state index in [9.17, 15) is 0 Å². The molecule has 4 N–H and O–H groups in total. The van der Waals surface area contributed by atoms with Crippen molar-refractivity contribution < 1.29 is 10.2 Å². The summed E-state index contributed by atoms with van der Waals surface area (Å²) in [5.41, 5.74) is 5.47. The molecule has 0 saturated carbocycles. The first-order valence-corrected chi connectivity index (χ1v) is 9.83. The summed E-state index contributed by atoms with van der Waals surface area (Å²) < 4.78 is 0. The van der Waals surface area contributed by atoms with Crippen LogP contribution in [0.5, 0.6) is 0 Å². The molecule has 0 saturated heterocycles. The van der Waals surface area contributed by atoms with Gasteiger partial charge in [-0.25, -0.2) is 0 Å². The van der Waals surface area contributed by atoms with E-state index in [0.29, 0.717) is 6.42 Å². The first-order chi connectivity index (χ1) is 11.3. The van der Waals surface area contributed by atoms with Crippen LogP contribution in [0.4, 0.5) is 0 Å². The molecular formula is C20H43NO2. The van der Waals surface area contributed by atoms with Gasteiger partial charge in [0.05, 0.1) is 0 Å². The predicted octanol–water partition coefficient (Wildman–Crippen LogP) is 5.30. The molecule has 0 rings (SSSR count). The molecule has 0 unspecified atom stereocenters. The second-order valence-electron chi connectivity index (χ2n) is 6.36. The lowest BCUT2D eigenvalue weighted by molar-refractivity contribution is -0.0466. The maximum atomic E-state index is 8.72. The Morgan fingerprint density at radius 1 is 0.522 bits per heavy atom. The highest BCUT2D eigenvalue weighted by atomic mass is 16.5.